The van der Waals surface area contributed by atoms with Crippen molar-refractivity contribution in [3.8, 4) is 0 Å². The Labute approximate surface area is 86.4 Å². The Bertz CT molecular complexity index is 456. The number of halogens is 5. The van der Waals surface area contributed by atoms with Gasteiger partial charge in [0.2, 0.25) is 11.7 Å². The van der Waals surface area contributed by atoms with Crippen LogP contribution in [0.5, 0.6) is 0 Å². The van der Waals surface area contributed by atoms with Crippen LogP contribution < -0.4 is 0 Å². The minimum absolute atomic E-state index is 0.0504. The molecule has 0 spiro atoms. The Balaban J connectivity index is 2.69. The van der Waals surface area contributed by atoms with Crippen LogP contribution in [0, 0.1) is 29.1 Å². The number of benzene rings is 1. The first kappa shape index (κ1) is 10.8. The molecule has 0 unspecified atom stereocenters. The van der Waals surface area contributed by atoms with E-state index in [1.165, 1.54) is 0 Å². The van der Waals surface area contributed by atoms with E-state index in [1.54, 1.807) is 0 Å². The molecule has 2 rings (SSSR count). The van der Waals surface area contributed by atoms with E-state index in [0.717, 1.165) is 0 Å². The fraction of sp³-hybridized carbons (Fsp3) is 0.222. The normalized spacial score (nSPS) is 14.9. The minimum Gasteiger partial charge on any atom is -0.475 e. The second kappa shape index (κ2) is 3.73. The van der Waals surface area contributed by atoms with Crippen LogP contribution in [0.1, 0.15) is 5.56 Å². The molecule has 1 aliphatic heterocycles. The van der Waals surface area contributed by atoms with E-state index in [0.29, 0.717) is 0 Å². The molecule has 0 amide bonds. The zero-order valence-corrected chi connectivity index (χ0v) is 7.66. The van der Waals surface area contributed by atoms with Gasteiger partial charge < -0.3 is 4.74 Å². The zero-order valence-electron chi connectivity index (χ0n) is 7.66. The van der Waals surface area contributed by atoms with Gasteiger partial charge in [-0.2, -0.15) is 0 Å². The largest absolute Gasteiger partial charge is 0.475 e. The second-order valence-corrected chi connectivity index (χ2v) is 2.98. The molecule has 0 bridgehead atoms. The quantitative estimate of drug-likeness (QED) is 0.416. The van der Waals surface area contributed by atoms with Gasteiger partial charge in [-0.3, -0.25) is 0 Å². The average Bonchev–Trinajstić information content (AvgIpc) is 2.77. The van der Waals surface area contributed by atoms with Crippen LogP contribution in [-0.2, 0) is 4.74 Å². The van der Waals surface area contributed by atoms with E-state index in [4.69, 9.17) is 0 Å². The van der Waals surface area contributed by atoms with Crippen molar-refractivity contribution in [1.82, 2.24) is 0 Å². The lowest BCUT2D eigenvalue weighted by molar-refractivity contribution is 0.336. The van der Waals surface area contributed by atoms with Crippen LogP contribution in [0.15, 0.2) is 4.99 Å². The third-order valence-corrected chi connectivity index (χ3v) is 2.01. The summed E-state index contributed by atoms with van der Waals surface area (Å²) in [6, 6.07) is 0. The molecule has 0 saturated heterocycles. The lowest BCUT2D eigenvalue weighted by Crippen LogP contribution is -2.13. The van der Waals surface area contributed by atoms with Crippen LogP contribution in [0.4, 0.5) is 22.0 Å². The molecular weight excluding hydrogens is 233 g/mol. The molecule has 1 heterocycles. The van der Waals surface area contributed by atoms with Gasteiger partial charge >= 0.3 is 0 Å². The van der Waals surface area contributed by atoms with E-state index >= 15 is 0 Å². The van der Waals surface area contributed by atoms with Gasteiger partial charge in [-0.25, -0.2) is 26.9 Å². The number of aliphatic imine (C=N–C) groups is 1. The van der Waals surface area contributed by atoms with Crippen molar-refractivity contribution in [2.24, 2.45) is 4.99 Å². The third kappa shape index (κ3) is 1.43. The summed E-state index contributed by atoms with van der Waals surface area (Å²) in [4.78, 5) is 3.50. The molecule has 0 saturated carbocycles. The maximum atomic E-state index is 13.2. The molecule has 16 heavy (non-hydrogen) atoms. The van der Waals surface area contributed by atoms with Gasteiger partial charge in [-0.05, 0) is 0 Å². The van der Waals surface area contributed by atoms with Crippen molar-refractivity contribution >= 4 is 5.90 Å². The third-order valence-electron chi connectivity index (χ3n) is 2.01. The van der Waals surface area contributed by atoms with Gasteiger partial charge in [0.1, 0.15) is 12.2 Å². The van der Waals surface area contributed by atoms with Gasteiger partial charge in [-0.1, -0.05) is 0 Å². The molecule has 7 heteroatoms. The summed E-state index contributed by atoms with van der Waals surface area (Å²) in [6.07, 6.45) is 0. The molecule has 1 aromatic carbocycles. The highest BCUT2D eigenvalue weighted by atomic mass is 19.2. The van der Waals surface area contributed by atoms with Crippen molar-refractivity contribution in [2.75, 3.05) is 13.2 Å². The zero-order chi connectivity index (χ0) is 11.9. The number of nitrogens with zero attached hydrogens (tertiary/aromatic N) is 1. The van der Waals surface area contributed by atoms with Crippen molar-refractivity contribution in [2.45, 2.75) is 0 Å². The van der Waals surface area contributed by atoms with Gasteiger partial charge in [0.25, 0.3) is 0 Å². The summed E-state index contributed by atoms with van der Waals surface area (Å²) in [5.41, 5.74) is -1.12. The Morgan fingerprint density at radius 3 is 1.75 bits per heavy atom. The van der Waals surface area contributed by atoms with Gasteiger partial charge in [0.05, 0.1) is 6.54 Å². The first-order valence-corrected chi connectivity index (χ1v) is 4.23. The molecular formula is C9H4F5NO. The van der Waals surface area contributed by atoms with Crippen molar-refractivity contribution in [3.63, 3.8) is 0 Å². The fourth-order valence-corrected chi connectivity index (χ4v) is 1.28. The topological polar surface area (TPSA) is 21.6 Å². The lowest BCUT2D eigenvalue weighted by atomic mass is 10.1. The number of rotatable bonds is 1. The molecule has 86 valence electrons. The number of hydrogen-bond acceptors (Lipinski definition) is 2. The van der Waals surface area contributed by atoms with E-state index in [9.17, 15) is 22.0 Å². The van der Waals surface area contributed by atoms with Gasteiger partial charge in [-0.15, -0.1) is 0 Å². The molecule has 0 radical (unpaired) electrons. The Hall–Kier alpha value is -1.66. The maximum Gasteiger partial charge on any atom is 0.222 e. The molecule has 0 aliphatic carbocycles. The van der Waals surface area contributed by atoms with Crippen molar-refractivity contribution in [1.29, 1.82) is 0 Å². The average molecular weight is 237 g/mol. The molecule has 0 aromatic heterocycles. The molecule has 0 fully saturated rings. The first-order valence-electron chi connectivity index (χ1n) is 4.23. The van der Waals surface area contributed by atoms with E-state index in [-0.39, 0.29) is 13.2 Å². The number of ether oxygens (including phenoxy) is 1. The summed E-state index contributed by atoms with van der Waals surface area (Å²) < 4.78 is 69.3. The van der Waals surface area contributed by atoms with E-state index < -0.39 is 40.5 Å². The van der Waals surface area contributed by atoms with Crippen LogP contribution in [0.3, 0.4) is 0 Å². The molecule has 2 nitrogen and oxygen atoms in total. The molecule has 1 aromatic rings. The highest BCUT2D eigenvalue weighted by molar-refractivity contribution is 5.95. The van der Waals surface area contributed by atoms with Crippen LogP contribution >= 0.6 is 0 Å². The Morgan fingerprint density at radius 2 is 1.31 bits per heavy atom. The summed E-state index contributed by atoms with van der Waals surface area (Å²) in [7, 11) is 0. The predicted molar refractivity (Wildman–Crippen MR) is 43.6 cm³/mol. The Morgan fingerprint density at radius 1 is 0.812 bits per heavy atom. The summed E-state index contributed by atoms with van der Waals surface area (Å²) in [5, 5.41) is 0. The summed E-state index contributed by atoms with van der Waals surface area (Å²) >= 11 is 0. The van der Waals surface area contributed by atoms with Gasteiger partial charge in [0.15, 0.2) is 23.3 Å². The van der Waals surface area contributed by atoms with E-state index in [2.05, 4.69) is 9.73 Å². The number of hydrogen-bond donors (Lipinski definition) is 0. The maximum absolute atomic E-state index is 13.2. The van der Waals surface area contributed by atoms with Gasteiger partial charge in [0, 0.05) is 0 Å². The smallest absolute Gasteiger partial charge is 0.222 e. The minimum atomic E-state index is -2.20. The fourth-order valence-electron chi connectivity index (χ4n) is 1.28. The predicted octanol–water partition coefficient (Wildman–Crippen LogP) is 2.16. The highest BCUT2D eigenvalue weighted by Crippen LogP contribution is 2.24. The lowest BCUT2D eigenvalue weighted by Gasteiger charge is -2.07. The first-order chi connectivity index (χ1) is 7.54. The molecule has 0 N–H and O–H groups in total. The standard InChI is InChI=1S/C9H4F5NO/c10-4-3(9-15-1-2-16-9)5(11)7(13)8(14)6(4)12/h1-2H2. The van der Waals surface area contributed by atoms with Crippen LogP contribution in [-0.4, -0.2) is 19.0 Å². The second-order valence-electron chi connectivity index (χ2n) is 2.98. The highest BCUT2D eigenvalue weighted by Gasteiger charge is 2.30. The SMILES string of the molecule is Fc1c(F)c(F)c(C2=NCCO2)c(F)c1F. The summed E-state index contributed by atoms with van der Waals surface area (Å²) in [6.45, 7) is 0.170. The summed E-state index contributed by atoms with van der Waals surface area (Å²) in [5.74, 6) is -10.6. The van der Waals surface area contributed by atoms with Crippen LogP contribution in [0.2, 0.25) is 0 Å². The van der Waals surface area contributed by atoms with E-state index in [1.807, 2.05) is 0 Å². The van der Waals surface area contributed by atoms with Crippen molar-refractivity contribution < 1.29 is 26.7 Å². The van der Waals surface area contributed by atoms with Crippen LogP contribution in [0.25, 0.3) is 0 Å². The van der Waals surface area contributed by atoms with Crippen molar-refractivity contribution in [3.05, 3.63) is 34.6 Å². The Kier molecular flexibility index (Phi) is 2.53. The monoisotopic (exact) mass is 237 g/mol. The molecule has 1 aliphatic rings. The molecule has 0 atom stereocenters.